The Bertz CT molecular complexity index is 1050. The topological polar surface area (TPSA) is 67.9 Å². The van der Waals surface area contributed by atoms with Gasteiger partial charge in [0, 0.05) is 10.9 Å². The molecule has 4 aromatic rings. The number of aromatic nitrogens is 3. The number of para-hydroxylation sites is 2. The molecule has 5 nitrogen and oxygen atoms in total. The third-order valence-corrected chi connectivity index (χ3v) is 5.21. The summed E-state index contributed by atoms with van der Waals surface area (Å²) in [5.74, 6) is 0.653. The van der Waals surface area contributed by atoms with Crippen molar-refractivity contribution in [2.75, 3.05) is 0 Å². The van der Waals surface area contributed by atoms with Crippen molar-refractivity contribution in [1.29, 1.82) is 0 Å². The number of fused-ring (bicyclic) bond motifs is 1. The third kappa shape index (κ3) is 3.75. The van der Waals surface area contributed by atoms with Gasteiger partial charge in [-0.1, -0.05) is 50.2 Å². The van der Waals surface area contributed by atoms with Crippen LogP contribution in [0.15, 0.2) is 53.9 Å². The molecule has 0 unspecified atom stereocenters. The number of esters is 1. The van der Waals surface area contributed by atoms with Crippen molar-refractivity contribution in [3.05, 3.63) is 71.0 Å². The molecule has 4 rings (SSSR count). The van der Waals surface area contributed by atoms with E-state index in [-0.39, 0.29) is 6.61 Å². The Labute approximate surface area is 161 Å². The lowest BCUT2D eigenvalue weighted by molar-refractivity contribution is 0.0457. The summed E-state index contributed by atoms with van der Waals surface area (Å²) in [6, 6.07) is 16.0. The first-order valence-corrected chi connectivity index (χ1v) is 9.65. The summed E-state index contributed by atoms with van der Waals surface area (Å²) < 4.78 is 5.35. The lowest BCUT2D eigenvalue weighted by atomic mass is 10.0. The highest BCUT2D eigenvalue weighted by Gasteiger charge is 2.14. The van der Waals surface area contributed by atoms with E-state index in [0.29, 0.717) is 17.4 Å². The number of benzene rings is 2. The van der Waals surface area contributed by atoms with Crippen molar-refractivity contribution in [3.63, 3.8) is 0 Å². The van der Waals surface area contributed by atoms with Crippen LogP contribution in [0.4, 0.5) is 0 Å². The van der Waals surface area contributed by atoms with Crippen LogP contribution in [0.25, 0.3) is 21.6 Å². The molecule has 0 bridgehead atoms. The second kappa shape index (κ2) is 7.32. The maximum absolute atomic E-state index is 12.3. The standard InChI is InChI=1S/C21H19N3O2S/c1-13(2)14-7-9-15(10-8-14)20-24-18(12-27-20)21(25)26-11-19-22-16-5-3-4-6-17(16)23-19/h3-10,12-13H,11H2,1-2H3,(H,22,23). The number of rotatable bonds is 5. The number of carbonyl (C=O) groups is 1. The van der Waals surface area contributed by atoms with Gasteiger partial charge >= 0.3 is 5.97 Å². The number of nitrogens with zero attached hydrogens (tertiary/aromatic N) is 2. The molecule has 0 atom stereocenters. The SMILES string of the molecule is CC(C)c1ccc(-c2nc(C(=O)OCc3nc4ccccc4[nH]3)cs2)cc1. The number of carbonyl (C=O) groups excluding carboxylic acids is 1. The molecule has 27 heavy (non-hydrogen) atoms. The number of aromatic amines is 1. The molecule has 1 N–H and O–H groups in total. The largest absolute Gasteiger partial charge is 0.453 e. The van der Waals surface area contributed by atoms with Gasteiger partial charge in [-0.15, -0.1) is 11.3 Å². The minimum Gasteiger partial charge on any atom is -0.453 e. The highest BCUT2D eigenvalue weighted by molar-refractivity contribution is 7.13. The van der Waals surface area contributed by atoms with E-state index >= 15 is 0 Å². The predicted molar refractivity (Wildman–Crippen MR) is 107 cm³/mol. The molecule has 0 saturated heterocycles. The van der Waals surface area contributed by atoms with Gasteiger partial charge in [0.2, 0.25) is 0 Å². The average molecular weight is 377 g/mol. The van der Waals surface area contributed by atoms with Crippen molar-refractivity contribution >= 4 is 28.3 Å². The second-order valence-corrected chi connectivity index (χ2v) is 7.45. The Kier molecular flexibility index (Phi) is 4.73. The van der Waals surface area contributed by atoms with Crippen molar-refractivity contribution in [2.45, 2.75) is 26.4 Å². The summed E-state index contributed by atoms with van der Waals surface area (Å²) >= 11 is 1.44. The normalized spacial score (nSPS) is 11.2. The molecule has 0 spiro atoms. The lowest BCUT2D eigenvalue weighted by Gasteiger charge is -2.05. The Balaban J connectivity index is 1.43. The Hall–Kier alpha value is -2.99. The van der Waals surface area contributed by atoms with Gasteiger partial charge in [0.25, 0.3) is 0 Å². The van der Waals surface area contributed by atoms with Gasteiger partial charge in [-0.25, -0.2) is 14.8 Å². The van der Waals surface area contributed by atoms with Gasteiger partial charge < -0.3 is 9.72 Å². The van der Waals surface area contributed by atoms with Crippen molar-refractivity contribution < 1.29 is 9.53 Å². The van der Waals surface area contributed by atoms with Crippen LogP contribution in [0.5, 0.6) is 0 Å². The first-order chi connectivity index (χ1) is 13.1. The maximum Gasteiger partial charge on any atom is 0.358 e. The summed E-state index contributed by atoms with van der Waals surface area (Å²) in [5, 5.41) is 2.54. The first-order valence-electron chi connectivity index (χ1n) is 8.77. The molecule has 2 aromatic carbocycles. The van der Waals surface area contributed by atoms with E-state index in [2.05, 4.69) is 40.9 Å². The average Bonchev–Trinajstić information content (AvgIpc) is 3.33. The fourth-order valence-electron chi connectivity index (χ4n) is 2.79. The van der Waals surface area contributed by atoms with Gasteiger partial charge in [-0.3, -0.25) is 0 Å². The third-order valence-electron chi connectivity index (χ3n) is 4.32. The van der Waals surface area contributed by atoms with Gasteiger partial charge in [0.05, 0.1) is 11.0 Å². The van der Waals surface area contributed by atoms with E-state index in [9.17, 15) is 4.79 Å². The van der Waals surface area contributed by atoms with Crippen molar-refractivity contribution in [2.24, 2.45) is 0 Å². The molecular weight excluding hydrogens is 358 g/mol. The van der Waals surface area contributed by atoms with Crippen LogP contribution in [0.1, 0.15) is 41.6 Å². The lowest BCUT2D eigenvalue weighted by Crippen LogP contribution is -2.06. The quantitative estimate of drug-likeness (QED) is 0.487. The zero-order valence-corrected chi connectivity index (χ0v) is 15.9. The Morgan fingerprint density at radius 2 is 1.89 bits per heavy atom. The molecule has 0 aliphatic carbocycles. The molecule has 0 amide bonds. The summed E-state index contributed by atoms with van der Waals surface area (Å²) in [5.41, 5.74) is 4.37. The first kappa shape index (κ1) is 17.4. The molecule has 2 heterocycles. The molecule has 6 heteroatoms. The molecule has 0 radical (unpaired) electrons. The number of hydrogen-bond donors (Lipinski definition) is 1. The zero-order chi connectivity index (χ0) is 18.8. The van der Waals surface area contributed by atoms with Gasteiger partial charge in [0.15, 0.2) is 5.69 Å². The monoisotopic (exact) mass is 377 g/mol. The number of hydrogen-bond acceptors (Lipinski definition) is 5. The summed E-state index contributed by atoms with van der Waals surface area (Å²) in [4.78, 5) is 24.3. The zero-order valence-electron chi connectivity index (χ0n) is 15.1. The van der Waals surface area contributed by atoms with E-state index in [4.69, 9.17) is 4.74 Å². The molecule has 0 saturated carbocycles. The number of imidazole rings is 1. The molecule has 0 aliphatic heterocycles. The van der Waals surface area contributed by atoms with Crippen molar-refractivity contribution in [3.8, 4) is 10.6 Å². The van der Waals surface area contributed by atoms with Crippen LogP contribution < -0.4 is 0 Å². The minimum absolute atomic E-state index is 0.0868. The van der Waals surface area contributed by atoms with Gasteiger partial charge in [-0.2, -0.15) is 0 Å². The molecule has 2 aromatic heterocycles. The number of thiazole rings is 1. The maximum atomic E-state index is 12.3. The number of ether oxygens (including phenoxy) is 1. The van der Waals surface area contributed by atoms with E-state index < -0.39 is 5.97 Å². The predicted octanol–water partition coefficient (Wildman–Crippen LogP) is 5.17. The van der Waals surface area contributed by atoms with Crippen LogP contribution in [0.2, 0.25) is 0 Å². The van der Waals surface area contributed by atoms with Crippen molar-refractivity contribution in [1.82, 2.24) is 15.0 Å². The molecular formula is C21H19N3O2S. The fraction of sp³-hybridized carbons (Fsp3) is 0.190. The van der Waals surface area contributed by atoms with E-state index in [1.165, 1.54) is 16.9 Å². The van der Waals surface area contributed by atoms with Crippen LogP contribution in [-0.2, 0) is 11.3 Å². The Morgan fingerprint density at radius 3 is 2.63 bits per heavy atom. The van der Waals surface area contributed by atoms with Crippen LogP contribution in [0, 0.1) is 0 Å². The summed E-state index contributed by atoms with van der Waals surface area (Å²) in [7, 11) is 0. The van der Waals surface area contributed by atoms with Crippen LogP contribution in [-0.4, -0.2) is 20.9 Å². The fourth-order valence-corrected chi connectivity index (χ4v) is 3.59. The van der Waals surface area contributed by atoms with E-state index in [1.807, 2.05) is 36.4 Å². The highest BCUT2D eigenvalue weighted by atomic mass is 32.1. The van der Waals surface area contributed by atoms with Crippen LogP contribution in [0.3, 0.4) is 0 Å². The molecule has 0 fully saturated rings. The van der Waals surface area contributed by atoms with Crippen LogP contribution >= 0.6 is 11.3 Å². The summed E-state index contributed by atoms with van der Waals surface area (Å²) in [6.45, 7) is 4.41. The molecule has 0 aliphatic rings. The molecule has 136 valence electrons. The summed E-state index contributed by atoms with van der Waals surface area (Å²) in [6.07, 6.45) is 0. The van der Waals surface area contributed by atoms with Gasteiger partial charge in [-0.05, 0) is 23.6 Å². The van der Waals surface area contributed by atoms with E-state index in [1.54, 1.807) is 5.38 Å². The van der Waals surface area contributed by atoms with Gasteiger partial charge in [0.1, 0.15) is 17.4 Å². The number of H-pyrrole nitrogens is 1. The Morgan fingerprint density at radius 1 is 1.11 bits per heavy atom. The second-order valence-electron chi connectivity index (χ2n) is 6.59. The number of nitrogens with one attached hydrogen (secondary N) is 1. The minimum atomic E-state index is -0.447. The smallest absolute Gasteiger partial charge is 0.358 e. The highest BCUT2D eigenvalue weighted by Crippen LogP contribution is 2.26. The van der Waals surface area contributed by atoms with E-state index in [0.717, 1.165) is 21.6 Å².